The summed E-state index contributed by atoms with van der Waals surface area (Å²) in [4.78, 5) is 17.4. The van der Waals surface area contributed by atoms with Crippen molar-refractivity contribution in [2.24, 2.45) is 0 Å². The molecule has 1 aromatic heterocycles. The van der Waals surface area contributed by atoms with E-state index in [2.05, 4.69) is 22.1 Å². The van der Waals surface area contributed by atoms with E-state index in [0.717, 1.165) is 44.5 Å². The molecule has 0 amide bonds. The second kappa shape index (κ2) is 7.36. The van der Waals surface area contributed by atoms with Gasteiger partial charge >= 0.3 is 5.69 Å². The van der Waals surface area contributed by atoms with E-state index in [9.17, 15) is 10.1 Å². The smallest absolute Gasteiger partial charge is 0.311 e. The van der Waals surface area contributed by atoms with Gasteiger partial charge in [-0.3, -0.25) is 10.1 Å². The van der Waals surface area contributed by atoms with Gasteiger partial charge in [-0.05, 0) is 38.3 Å². The molecule has 1 aromatic rings. The Balaban J connectivity index is 2.23. The van der Waals surface area contributed by atoms with Crippen LogP contribution >= 0.6 is 0 Å². The van der Waals surface area contributed by atoms with E-state index < -0.39 is 0 Å². The highest BCUT2D eigenvalue weighted by Crippen LogP contribution is 2.27. The monoisotopic (exact) mass is 292 g/mol. The maximum atomic E-state index is 11.3. The third kappa shape index (κ3) is 4.14. The molecular formula is C15H24N4O2. The zero-order valence-electron chi connectivity index (χ0n) is 12.8. The number of rotatable bonds is 7. The van der Waals surface area contributed by atoms with Crippen molar-refractivity contribution in [3.05, 3.63) is 27.9 Å². The first-order valence-electron chi connectivity index (χ1n) is 7.71. The molecule has 1 N–H and O–H groups in total. The van der Waals surface area contributed by atoms with Crippen LogP contribution < -0.4 is 10.2 Å². The number of hydrogen-bond acceptors (Lipinski definition) is 5. The second-order valence-corrected chi connectivity index (χ2v) is 5.71. The van der Waals surface area contributed by atoms with Gasteiger partial charge in [0.05, 0.1) is 4.92 Å². The van der Waals surface area contributed by atoms with Gasteiger partial charge in [0.25, 0.3) is 0 Å². The number of aromatic nitrogens is 1. The molecule has 0 bridgehead atoms. The van der Waals surface area contributed by atoms with E-state index in [1.54, 1.807) is 12.3 Å². The minimum atomic E-state index is -0.323. The summed E-state index contributed by atoms with van der Waals surface area (Å²) in [5, 5.41) is 14.8. The number of nitro groups is 1. The topological polar surface area (TPSA) is 71.3 Å². The molecule has 1 atom stereocenters. The number of unbranched alkanes of at least 4 members (excludes halogenated alkanes) is 1. The van der Waals surface area contributed by atoms with Crippen LogP contribution in [-0.2, 0) is 0 Å². The fourth-order valence-electron chi connectivity index (χ4n) is 2.74. The summed E-state index contributed by atoms with van der Waals surface area (Å²) < 4.78 is 0. The molecule has 1 fully saturated rings. The number of pyridine rings is 1. The van der Waals surface area contributed by atoms with E-state index in [-0.39, 0.29) is 10.6 Å². The lowest BCUT2D eigenvalue weighted by atomic mass is 10.2. The molecule has 6 nitrogen and oxygen atoms in total. The molecule has 0 spiro atoms. The molecular weight excluding hydrogens is 268 g/mol. The first-order chi connectivity index (χ1) is 10.1. The minimum absolute atomic E-state index is 0.115. The van der Waals surface area contributed by atoms with Crippen LogP contribution in [0.2, 0.25) is 0 Å². The van der Waals surface area contributed by atoms with Crippen molar-refractivity contribution in [3.8, 4) is 0 Å². The molecule has 2 rings (SSSR count). The maximum Gasteiger partial charge on any atom is 0.311 e. The quantitative estimate of drug-likeness (QED) is 0.618. The summed E-state index contributed by atoms with van der Waals surface area (Å²) in [5.74, 6) is 0.507. The first-order valence-corrected chi connectivity index (χ1v) is 7.71. The number of anilines is 1. The van der Waals surface area contributed by atoms with Crippen molar-refractivity contribution >= 4 is 11.5 Å². The Hall–Kier alpha value is -1.69. The molecule has 21 heavy (non-hydrogen) atoms. The zero-order valence-corrected chi connectivity index (χ0v) is 12.8. The van der Waals surface area contributed by atoms with Crippen LogP contribution in [0.4, 0.5) is 11.5 Å². The molecule has 0 aromatic carbocycles. The molecule has 1 unspecified atom stereocenters. The SMILES string of the molecule is CCCCN(CC1CCCN1)c1ncc(C)cc1[N+](=O)[O-]. The molecule has 6 heteroatoms. The molecule has 0 radical (unpaired) electrons. The van der Waals surface area contributed by atoms with Gasteiger partial charge < -0.3 is 10.2 Å². The van der Waals surface area contributed by atoms with Crippen molar-refractivity contribution in [1.82, 2.24) is 10.3 Å². The van der Waals surface area contributed by atoms with Gasteiger partial charge in [-0.2, -0.15) is 0 Å². The predicted octanol–water partition coefficient (Wildman–Crippen LogP) is 2.66. The van der Waals surface area contributed by atoms with Crippen LogP contribution in [0.15, 0.2) is 12.3 Å². The van der Waals surface area contributed by atoms with Crippen LogP contribution in [0, 0.1) is 17.0 Å². The lowest BCUT2D eigenvalue weighted by Crippen LogP contribution is -2.38. The van der Waals surface area contributed by atoms with E-state index in [4.69, 9.17) is 0 Å². The van der Waals surface area contributed by atoms with E-state index in [1.807, 2.05) is 6.92 Å². The van der Waals surface area contributed by atoms with Crippen molar-refractivity contribution < 1.29 is 4.92 Å². The molecule has 1 aliphatic rings. The second-order valence-electron chi connectivity index (χ2n) is 5.71. The summed E-state index contributed by atoms with van der Waals surface area (Å²) in [6, 6.07) is 2.02. The Bertz CT molecular complexity index is 487. The minimum Gasteiger partial charge on any atom is -0.349 e. The summed E-state index contributed by atoms with van der Waals surface area (Å²) in [6.45, 7) is 6.60. The normalized spacial score (nSPS) is 17.9. The van der Waals surface area contributed by atoms with Gasteiger partial charge in [0.1, 0.15) is 0 Å². The Labute approximate surface area is 125 Å². The van der Waals surface area contributed by atoms with Gasteiger partial charge in [-0.25, -0.2) is 4.98 Å². The Morgan fingerprint density at radius 1 is 1.57 bits per heavy atom. The number of nitrogens with one attached hydrogen (secondary N) is 1. The van der Waals surface area contributed by atoms with Crippen molar-refractivity contribution in [2.75, 3.05) is 24.5 Å². The zero-order chi connectivity index (χ0) is 15.2. The third-order valence-electron chi connectivity index (χ3n) is 3.86. The van der Waals surface area contributed by atoms with Crippen LogP contribution in [0.3, 0.4) is 0 Å². The number of hydrogen-bond donors (Lipinski definition) is 1. The highest BCUT2D eigenvalue weighted by atomic mass is 16.6. The standard InChI is InChI=1S/C15H24N4O2/c1-3-4-8-18(11-13-6-5-7-16-13)15-14(19(20)21)9-12(2)10-17-15/h9-10,13,16H,3-8,11H2,1-2H3. The van der Waals surface area contributed by atoms with Gasteiger partial charge in [-0.15, -0.1) is 0 Å². The summed E-state index contributed by atoms with van der Waals surface area (Å²) in [5.41, 5.74) is 0.934. The highest BCUT2D eigenvalue weighted by molar-refractivity contribution is 5.58. The lowest BCUT2D eigenvalue weighted by Gasteiger charge is -2.26. The van der Waals surface area contributed by atoms with Crippen molar-refractivity contribution in [3.63, 3.8) is 0 Å². The first kappa shape index (κ1) is 15.7. The Morgan fingerprint density at radius 2 is 2.38 bits per heavy atom. The van der Waals surface area contributed by atoms with Crippen molar-refractivity contribution in [1.29, 1.82) is 0 Å². The van der Waals surface area contributed by atoms with Gasteiger partial charge in [0, 0.05) is 31.4 Å². The van der Waals surface area contributed by atoms with Gasteiger partial charge in [0.2, 0.25) is 5.82 Å². The van der Waals surface area contributed by atoms with Crippen LogP contribution in [0.25, 0.3) is 0 Å². The van der Waals surface area contributed by atoms with E-state index in [1.165, 1.54) is 6.42 Å². The molecule has 116 valence electrons. The molecule has 0 saturated carbocycles. The third-order valence-corrected chi connectivity index (χ3v) is 3.86. The maximum absolute atomic E-state index is 11.3. The average molecular weight is 292 g/mol. The van der Waals surface area contributed by atoms with Gasteiger partial charge in [-0.1, -0.05) is 13.3 Å². The van der Waals surface area contributed by atoms with E-state index in [0.29, 0.717) is 11.9 Å². The number of aryl methyl sites for hydroxylation is 1. The van der Waals surface area contributed by atoms with Crippen LogP contribution in [0.5, 0.6) is 0 Å². The molecule has 1 aliphatic heterocycles. The molecule has 2 heterocycles. The van der Waals surface area contributed by atoms with Crippen LogP contribution in [-0.4, -0.2) is 35.6 Å². The number of nitrogens with zero attached hydrogens (tertiary/aromatic N) is 3. The predicted molar refractivity (Wildman–Crippen MR) is 83.8 cm³/mol. The summed E-state index contributed by atoms with van der Waals surface area (Å²) in [7, 11) is 0. The van der Waals surface area contributed by atoms with Crippen molar-refractivity contribution in [2.45, 2.75) is 45.6 Å². The lowest BCUT2D eigenvalue weighted by molar-refractivity contribution is -0.384. The van der Waals surface area contributed by atoms with Crippen LogP contribution in [0.1, 0.15) is 38.2 Å². The summed E-state index contributed by atoms with van der Waals surface area (Å²) in [6.07, 6.45) is 6.09. The average Bonchev–Trinajstić information content (AvgIpc) is 2.96. The Morgan fingerprint density at radius 3 is 3.00 bits per heavy atom. The highest BCUT2D eigenvalue weighted by Gasteiger charge is 2.24. The van der Waals surface area contributed by atoms with E-state index >= 15 is 0 Å². The fourth-order valence-corrected chi connectivity index (χ4v) is 2.74. The Kier molecular flexibility index (Phi) is 5.50. The summed E-state index contributed by atoms with van der Waals surface area (Å²) >= 11 is 0. The fraction of sp³-hybridized carbons (Fsp3) is 0.667. The largest absolute Gasteiger partial charge is 0.349 e. The molecule has 0 aliphatic carbocycles. The van der Waals surface area contributed by atoms with Gasteiger partial charge in [0.15, 0.2) is 0 Å². The molecule has 1 saturated heterocycles.